The lowest BCUT2D eigenvalue weighted by atomic mass is 9.82. The molecule has 1 amide bonds. The van der Waals surface area contributed by atoms with Crippen molar-refractivity contribution < 1.29 is 13.9 Å². The molecule has 4 atom stereocenters. The molecule has 4 aliphatic heterocycles. The number of nitrogens with zero attached hydrogens (tertiary/aromatic N) is 3. The third-order valence-electron chi connectivity index (χ3n) is 7.25. The molecule has 0 saturated carbocycles. The predicted octanol–water partition coefficient (Wildman–Crippen LogP) is 2.06. The van der Waals surface area contributed by atoms with Crippen LogP contribution in [0.25, 0.3) is 0 Å². The van der Waals surface area contributed by atoms with E-state index >= 15 is 0 Å². The Labute approximate surface area is 175 Å². The Morgan fingerprint density at radius 2 is 1.87 bits per heavy atom. The largest absolute Gasteiger partial charge is 0.472 e. The van der Waals surface area contributed by atoms with Gasteiger partial charge in [0.25, 0.3) is 11.5 Å². The number of likely N-dealkylation sites (tertiary alicyclic amines) is 2. The quantitative estimate of drug-likeness (QED) is 0.776. The van der Waals surface area contributed by atoms with Gasteiger partial charge < -0.3 is 18.6 Å². The minimum atomic E-state index is 0.0211. The van der Waals surface area contributed by atoms with Gasteiger partial charge in [-0.25, -0.2) is 0 Å². The van der Waals surface area contributed by atoms with Crippen molar-refractivity contribution in [3.63, 3.8) is 0 Å². The Kier molecular flexibility index (Phi) is 4.35. The average molecular weight is 409 g/mol. The maximum absolute atomic E-state index is 13.3. The highest BCUT2D eigenvalue weighted by Gasteiger charge is 2.38. The van der Waals surface area contributed by atoms with Gasteiger partial charge in [0.05, 0.1) is 24.0 Å². The number of amides is 1. The first-order valence-corrected chi connectivity index (χ1v) is 11.1. The summed E-state index contributed by atoms with van der Waals surface area (Å²) < 4.78 is 13.0. The molecule has 3 saturated heterocycles. The van der Waals surface area contributed by atoms with Crippen molar-refractivity contribution in [2.24, 2.45) is 5.92 Å². The molecule has 7 nitrogen and oxygen atoms in total. The smallest absolute Gasteiger partial charge is 0.257 e. The third-order valence-corrected chi connectivity index (χ3v) is 7.25. The van der Waals surface area contributed by atoms with E-state index in [-0.39, 0.29) is 17.4 Å². The molecule has 3 fully saturated rings. The number of rotatable bonds is 3. The van der Waals surface area contributed by atoms with Crippen molar-refractivity contribution >= 4 is 5.91 Å². The highest BCUT2D eigenvalue weighted by Crippen LogP contribution is 2.36. The lowest BCUT2D eigenvalue weighted by Gasteiger charge is -2.43. The molecule has 158 valence electrons. The van der Waals surface area contributed by atoms with Gasteiger partial charge in [0, 0.05) is 56.4 Å². The van der Waals surface area contributed by atoms with Crippen LogP contribution in [0.4, 0.5) is 0 Å². The molecule has 6 rings (SSSR count). The monoisotopic (exact) mass is 409 g/mol. The molecule has 7 heteroatoms. The van der Waals surface area contributed by atoms with E-state index in [1.54, 1.807) is 6.07 Å². The SMILES string of the molecule is O=C(c1ccoc1)N1C[C@@H]2C[C@H](C1)c1ccc(CN3C[C@H]4CC[C@@H](C3)O4)c(=O)n1C2. The number of pyridine rings is 1. The van der Waals surface area contributed by atoms with Crippen LogP contribution in [0, 0.1) is 5.92 Å². The highest BCUT2D eigenvalue weighted by atomic mass is 16.5. The number of aromatic nitrogens is 1. The van der Waals surface area contributed by atoms with Crippen LogP contribution in [0.15, 0.2) is 39.9 Å². The number of carbonyl (C=O) groups is 1. The van der Waals surface area contributed by atoms with Crippen LogP contribution in [-0.4, -0.2) is 58.7 Å². The summed E-state index contributed by atoms with van der Waals surface area (Å²) in [6.07, 6.45) is 7.04. The normalized spacial score (nSPS) is 30.3. The number of carbonyl (C=O) groups excluding carboxylic acids is 1. The van der Waals surface area contributed by atoms with Gasteiger partial charge in [0.2, 0.25) is 0 Å². The predicted molar refractivity (Wildman–Crippen MR) is 109 cm³/mol. The Morgan fingerprint density at radius 1 is 1.03 bits per heavy atom. The maximum Gasteiger partial charge on any atom is 0.257 e. The lowest BCUT2D eigenvalue weighted by molar-refractivity contribution is -0.0412. The van der Waals surface area contributed by atoms with E-state index in [4.69, 9.17) is 9.15 Å². The van der Waals surface area contributed by atoms with Gasteiger partial charge in [-0.2, -0.15) is 0 Å². The molecule has 4 bridgehead atoms. The topological polar surface area (TPSA) is 67.9 Å². The van der Waals surface area contributed by atoms with E-state index < -0.39 is 0 Å². The van der Waals surface area contributed by atoms with Gasteiger partial charge in [-0.15, -0.1) is 0 Å². The van der Waals surface area contributed by atoms with Crippen LogP contribution in [0.5, 0.6) is 0 Å². The summed E-state index contributed by atoms with van der Waals surface area (Å²) in [4.78, 5) is 30.4. The number of hydrogen-bond acceptors (Lipinski definition) is 5. The van der Waals surface area contributed by atoms with Gasteiger partial charge in [-0.05, 0) is 37.3 Å². The standard InChI is InChI=1S/C23H27N3O4/c27-22(17-5-6-29-14-17)25-8-15-7-18(11-25)21-4-1-16(23(28)26(21)9-15)10-24-12-19-2-3-20(13-24)30-19/h1,4-6,14-15,18-20H,2-3,7-13H2/t15-,18+,19-,20+/m0/s1. The Bertz CT molecular complexity index is 1000. The van der Waals surface area contributed by atoms with Crippen LogP contribution in [0.1, 0.15) is 46.8 Å². The van der Waals surface area contributed by atoms with E-state index in [0.29, 0.717) is 49.9 Å². The van der Waals surface area contributed by atoms with Crippen molar-refractivity contribution in [3.05, 3.63) is 57.9 Å². The van der Waals surface area contributed by atoms with Gasteiger partial charge in [-0.1, -0.05) is 6.07 Å². The lowest BCUT2D eigenvalue weighted by Crippen LogP contribution is -2.49. The van der Waals surface area contributed by atoms with Crippen LogP contribution in [0.3, 0.4) is 0 Å². The molecule has 6 heterocycles. The summed E-state index contributed by atoms with van der Waals surface area (Å²) in [5.41, 5.74) is 2.70. The second kappa shape index (κ2) is 7.10. The third kappa shape index (κ3) is 3.11. The van der Waals surface area contributed by atoms with E-state index in [0.717, 1.165) is 43.6 Å². The maximum atomic E-state index is 13.3. The van der Waals surface area contributed by atoms with Crippen molar-refractivity contribution in [3.8, 4) is 0 Å². The minimum Gasteiger partial charge on any atom is -0.472 e. The van der Waals surface area contributed by atoms with Crippen molar-refractivity contribution in [1.29, 1.82) is 0 Å². The van der Waals surface area contributed by atoms with Crippen LogP contribution in [0.2, 0.25) is 0 Å². The van der Waals surface area contributed by atoms with Crippen LogP contribution < -0.4 is 5.56 Å². The zero-order valence-corrected chi connectivity index (χ0v) is 17.0. The average Bonchev–Trinajstić information content (AvgIpc) is 3.40. The number of ether oxygens (including phenoxy) is 1. The van der Waals surface area contributed by atoms with E-state index in [1.807, 2.05) is 15.5 Å². The fraction of sp³-hybridized carbons (Fsp3) is 0.565. The summed E-state index contributed by atoms with van der Waals surface area (Å²) in [7, 11) is 0. The second-order valence-corrected chi connectivity index (χ2v) is 9.37. The summed E-state index contributed by atoms with van der Waals surface area (Å²) in [6.45, 7) is 4.61. The molecule has 2 aromatic heterocycles. The molecule has 0 spiro atoms. The first-order valence-electron chi connectivity index (χ1n) is 11.1. The fourth-order valence-corrected chi connectivity index (χ4v) is 5.92. The summed E-state index contributed by atoms with van der Waals surface area (Å²) in [5.74, 6) is 0.557. The number of fused-ring (bicyclic) bond motifs is 6. The first-order chi connectivity index (χ1) is 14.6. The fourth-order valence-electron chi connectivity index (χ4n) is 5.92. The molecule has 2 aromatic rings. The molecule has 30 heavy (non-hydrogen) atoms. The summed E-state index contributed by atoms with van der Waals surface area (Å²) >= 11 is 0. The molecular weight excluding hydrogens is 382 g/mol. The van der Waals surface area contributed by atoms with Gasteiger partial charge in [-0.3, -0.25) is 14.5 Å². The number of furan rings is 1. The number of hydrogen-bond donors (Lipinski definition) is 0. The number of morpholine rings is 1. The second-order valence-electron chi connectivity index (χ2n) is 9.37. The number of piperidine rings is 1. The van der Waals surface area contributed by atoms with E-state index in [9.17, 15) is 9.59 Å². The molecule has 4 aliphatic rings. The van der Waals surface area contributed by atoms with Gasteiger partial charge in [0.15, 0.2) is 0 Å². The molecule has 0 unspecified atom stereocenters. The Balaban J connectivity index is 1.23. The van der Waals surface area contributed by atoms with Gasteiger partial charge >= 0.3 is 0 Å². The molecule has 0 aromatic carbocycles. The van der Waals surface area contributed by atoms with Crippen molar-refractivity contribution in [1.82, 2.24) is 14.4 Å². The molecule has 0 aliphatic carbocycles. The summed E-state index contributed by atoms with van der Waals surface area (Å²) in [5, 5.41) is 0. The zero-order chi connectivity index (χ0) is 20.2. The van der Waals surface area contributed by atoms with Gasteiger partial charge in [0.1, 0.15) is 6.26 Å². The Morgan fingerprint density at radius 3 is 2.63 bits per heavy atom. The van der Waals surface area contributed by atoms with Crippen molar-refractivity contribution in [2.45, 2.75) is 50.5 Å². The van der Waals surface area contributed by atoms with Crippen LogP contribution in [-0.2, 0) is 17.8 Å². The zero-order valence-electron chi connectivity index (χ0n) is 17.0. The Hall–Kier alpha value is -2.38. The summed E-state index contributed by atoms with van der Waals surface area (Å²) in [6, 6.07) is 5.86. The first kappa shape index (κ1) is 18.4. The molecule has 0 radical (unpaired) electrons. The molecular formula is C23H27N3O4. The highest BCUT2D eigenvalue weighted by molar-refractivity contribution is 5.94. The minimum absolute atomic E-state index is 0.0211. The van der Waals surface area contributed by atoms with E-state index in [1.165, 1.54) is 12.5 Å². The molecule has 0 N–H and O–H groups in total. The van der Waals surface area contributed by atoms with Crippen molar-refractivity contribution in [2.75, 3.05) is 26.2 Å². The van der Waals surface area contributed by atoms with E-state index in [2.05, 4.69) is 11.0 Å². The van der Waals surface area contributed by atoms with Crippen LogP contribution >= 0.6 is 0 Å².